The molecule has 4 atom stereocenters. The minimum atomic E-state index is -0.127. The first-order valence-corrected chi connectivity index (χ1v) is 8.15. The van der Waals surface area contributed by atoms with Gasteiger partial charge in [0.25, 0.3) is 0 Å². The number of fused-ring (bicyclic) bond motifs is 1. The lowest BCUT2D eigenvalue weighted by Crippen LogP contribution is -2.41. The Morgan fingerprint density at radius 2 is 1.95 bits per heavy atom. The van der Waals surface area contributed by atoms with Crippen LogP contribution in [0.15, 0.2) is 11.6 Å². The van der Waals surface area contributed by atoms with Crippen molar-refractivity contribution in [1.29, 1.82) is 0 Å². The summed E-state index contributed by atoms with van der Waals surface area (Å²) in [6, 6.07) is 0. The third-order valence-electron chi connectivity index (χ3n) is 5.67. The first kappa shape index (κ1) is 15.8. The smallest absolute Gasteiger partial charge is 0.130 e. The minimum absolute atomic E-state index is 0.0668. The van der Waals surface area contributed by atoms with Crippen molar-refractivity contribution >= 4 is 5.78 Å². The van der Waals surface area contributed by atoms with Crippen LogP contribution in [-0.4, -0.2) is 17.0 Å². The number of rotatable bonds is 6. The van der Waals surface area contributed by atoms with E-state index in [1.54, 1.807) is 6.92 Å². The van der Waals surface area contributed by atoms with E-state index in [1.807, 2.05) is 0 Å². The quantitative estimate of drug-likeness (QED) is 0.742. The van der Waals surface area contributed by atoms with Gasteiger partial charge < -0.3 is 9.90 Å². The number of carbonyl (C=O) groups excluding carboxylic acids is 1. The van der Waals surface area contributed by atoms with Gasteiger partial charge in [0.2, 0.25) is 0 Å². The number of Topliss-reactive ketones (excluding diaryl/α,β-unsaturated/α-hetero) is 1. The van der Waals surface area contributed by atoms with Gasteiger partial charge in [0, 0.05) is 6.42 Å². The lowest BCUT2D eigenvalue weighted by molar-refractivity contribution is -0.116. The Bertz CT molecular complexity index is 394. The molecule has 2 heteroatoms. The van der Waals surface area contributed by atoms with Gasteiger partial charge in [-0.2, -0.15) is 0 Å². The van der Waals surface area contributed by atoms with Crippen molar-refractivity contribution in [2.75, 3.05) is 0 Å². The Morgan fingerprint density at radius 3 is 2.60 bits per heavy atom. The molecule has 0 aromatic rings. The van der Waals surface area contributed by atoms with Crippen molar-refractivity contribution in [1.82, 2.24) is 0 Å². The summed E-state index contributed by atoms with van der Waals surface area (Å²) in [4.78, 5) is 10.9. The fourth-order valence-corrected chi connectivity index (χ4v) is 4.02. The van der Waals surface area contributed by atoms with E-state index in [4.69, 9.17) is 0 Å². The molecule has 0 aromatic heterocycles. The summed E-state index contributed by atoms with van der Waals surface area (Å²) in [5, 5.41) is 10.3. The molecule has 2 aliphatic carbocycles. The molecule has 0 amide bonds. The first-order valence-electron chi connectivity index (χ1n) is 8.15. The molecule has 4 unspecified atom stereocenters. The molecule has 1 N–H and O–H groups in total. The largest absolute Gasteiger partial charge is 0.393 e. The number of aliphatic hydroxyl groups is 1. The summed E-state index contributed by atoms with van der Waals surface area (Å²) in [6.45, 7) is 8.32. The highest BCUT2D eigenvalue weighted by Crippen LogP contribution is 2.60. The van der Waals surface area contributed by atoms with Gasteiger partial charge in [-0.1, -0.05) is 25.5 Å². The van der Waals surface area contributed by atoms with Crippen LogP contribution < -0.4 is 0 Å². The maximum absolute atomic E-state index is 10.9. The van der Waals surface area contributed by atoms with Gasteiger partial charge in [-0.25, -0.2) is 0 Å². The average molecular weight is 278 g/mol. The van der Waals surface area contributed by atoms with E-state index in [1.165, 1.54) is 18.4 Å². The minimum Gasteiger partial charge on any atom is -0.393 e. The van der Waals surface area contributed by atoms with Gasteiger partial charge in [0.15, 0.2) is 0 Å². The van der Waals surface area contributed by atoms with Crippen LogP contribution in [-0.2, 0) is 4.79 Å². The second kappa shape index (κ2) is 6.01. The number of carbonyl (C=O) groups is 1. The molecule has 2 aliphatic rings. The molecule has 20 heavy (non-hydrogen) atoms. The van der Waals surface area contributed by atoms with Crippen molar-refractivity contribution < 1.29 is 9.90 Å². The van der Waals surface area contributed by atoms with Crippen LogP contribution in [0.3, 0.4) is 0 Å². The zero-order valence-corrected chi connectivity index (χ0v) is 13.5. The second-order valence-corrected chi connectivity index (χ2v) is 7.67. The number of aliphatic hydroxyl groups excluding tert-OH is 1. The van der Waals surface area contributed by atoms with Gasteiger partial charge in [0.05, 0.1) is 6.10 Å². The number of hydrogen-bond donors (Lipinski definition) is 1. The lowest BCUT2D eigenvalue weighted by atomic mass is 9.65. The van der Waals surface area contributed by atoms with Crippen molar-refractivity contribution in [2.24, 2.45) is 23.2 Å². The van der Waals surface area contributed by atoms with Gasteiger partial charge in [-0.15, -0.1) is 0 Å². The zero-order chi connectivity index (χ0) is 14.9. The molecular weight excluding hydrogens is 248 g/mol. The number of ketones is 1. The van der Waals surface area contributed by atoms with Crippen LogP contribution in [0.4, 0.5) is 0 Å². The molecule has 0 radical (unpaired) electrons. The molecule has 2 fully saturated rings. The van der Waals surface area contributed by atoms with Gasteiger partial charge in [-0.05, 0) is 69.1 Å². The maximum Gasteiger partial charge on any atom is 0.130 e. The molecule has 0 bridgehead atoms. The third kappa shape index (κ3) is 3.52. The highest BCUT2D eigenvalue weighted by molar-refractivity contribution is 5.75. The van der Waals surface area contributed by atoms with E-state index in [9.17, 15) is 9.90 Å². The first-order chi connectivity index (χ1) is 9.32. The van der Waals surface area contributed by atoms with Crippen molar-refractivity contribution in [2.45, 2.75) is 72.3 Å². The summed E-state index contributed by atoms with van der Waals surface area (Å²) in [7, 11) is 0. The summed E-state index contributed by atoms with van der Waals surface area (Å²) in [5.41, 5.74) is 1.47. The summed E-state index contributed by atoms with van der Waals surface area (Å²) < 4.78 is 0. The van der Waals surface area contributed by atoms with E-state index in [-0.39, 0.29) is 17.3 Å². The summed E-state index contributed by atoms with van der Waals surface area (Å²) >= 11 is 0. The molecule has 0 saturated heterocycles. The van der Waals surface area contributed by atoms with E-state index >= 15 is 0 Å². The predicted octanol–water partition coefficient (Wildman–Crippen LogP) is 4.13. The molecular formula is C18H30O2. The van der Waals surface area contributed by atoms with E-state index in [2.05, 4.69) is 26.8 Å². The van der Waals surface area contributed by atoms with E-state index in [0.717, 1.165) is 31.1 Å². The molecule has 2 nitrogen and oxygen atoms in total. The lowest BCUT2D eigenvalue weighted by Gasteiger charge is -2.42. The number of allylic oxidation sites excluding steroid dienone is 2. The Hall–Kier alpha value is -0.630. The topological polar surface area (TPSA) is 37.3 Å². The Morgan fingerprint density at radius 1 is 1.25 bits per heavy atom. The van der Waals surface area contributed by atoms with Crippen LogP contribution in [0.2, 0.25) is 0 Å². The molecule has 114 valence electrons. The van der Waals surface area contributed by atoms with Gasteiger partial charge >= 0.3 is 0 Å². The highest BCUT2D eigenvalue weighted by atomic mass is 16.3. The Labute approximate surface area is 123 Å². The highest BCUT2D eigenvalue weighted by Gasteiger charge is 2.55. The summed E-state index contributed by atoms with van der Waals surface area (Å²) in [6.07, 6.45) is 8.28. The maximum atomic E-state index is 10.9. The van der Waals surface area contributed by atoms with E-state index < -0.39 is 0 Å². The van der Waals surface area contributed by atoms with Crippen LogP contribution >= 0.6 is 0 Å². The van der Waals surface area contributed by atoms with Crippen molar-refractivity contribution in [3.05, 3.63) is 11.6 Å². The zero-order valence-electron chi connectivity index (χ0n) is 13.5. The molecule has 0 spiro atoms. The third-order valence-corrected chi connectivity index (χ3v) is 5.67. The fourth-order valence-electron chi connectivity index (χ4n) is 4.02. The van der Waals surface area contributed by atoms with E-state index in [0.29, 0.717) is 12.3 Å². The average Bonchev–Trinajstić information content (AvgIpc) is 3.07. The normalized spacial score (nSPS) is 35.5. The predicted molar refractivity (Wildman–Crippen MR) is 82.4 cm³/mol. The summed E-state index contributed by atoms with van der Waals surface area (Å²) in [5.74, 6) is 2.59. The second-order valence-electron chi connectivity index (χ2n) is 7.67. The van der Waals surface area contributed by atoms with Crippen LogP contribution in [0.25, 0.3) is 0 Å². The fraction of sp³-hybridized carbons (Fsp3) is 0.833. The molecule has 2 saturated carbocycles. The Kier molecular flexibility index (Phi) is 4.73. The van der Waals surface area contributed by atoms with Gasteiger partial charge in [0.1, 0.15) is 5.78 Å². The molecule has 0 aliphatic heterocycles. The standard InChI is InChI=1S/C18H30O2/c1-12(6-5-7-13(2)19)8-9-16-15-10-14(15)11-17(20)18(16,3)4/h6,14-17,20H,5,7-11H2,1-4H3. The van der Waals surface area contributed by atoms with Crippen LogP contribution in [0.1, 0.15) is 66.2 Å². The van der Waals surface area contributed by atoms with Crippen LogP contribution in [0, 0.1) is 23.2 Å². The molecule has 0 aromatic carbocycles. The van der Waals surface area contributed by atoms with Crippen molar-refractivity contribution in [3.63, 3.8) is 0 Å². The monoisotopic (exact) mass is 278 g/mol. The molecule has 0 heterocycles. The Balaban J connectivity index is 1.85. The van der Waals surface area contributed by atoms with Crippen LogP contribution in [0.5, 0.6) is 0 Å². The van der Waals surface area contributed by atoms with Gasteiger partial charge in [-0.3, -0.25) is 0 Å². The SMILES string of the molecule is CC(=O)CCC=C(C)CCC1C2CC2CC(O)C1(C)C. The molecule has 2 rings (SSSR count). The van der Waals surface area contributed by atoms with Crippen molar-refractivity contribution in [3.8, 4) is 0 Å². The number of hydrogen-bond acceptors (Lipinski definition) is 2.